The van der Waals surface area contributed by atoms with Crippen molar-refractivity contribution in [3.63, 3.8) is 0 Å². The van der Waals surface area contributed by atoms with Gasteiger partial charge in [0.05, 0.1) is 5.52 Å². The largest absolute Gasteiger partial charge is 0.508 e. The topological polar surface area (TPSA) is 62.1 Å². The lowest BCUT2D eigenvalue weighted by molar-refractivity contribution is 0.475. The first-order valence-electron chi connectivity index (χ1n) is 7.56. The summed E-state index contributed by atoms with van der Waals surface area (Å²) >= 11 is 1.96. The third-order valence-electron chi connectivity index (χ3n) is 3.85. The Labute approximate surface area is 138 Å². The molecular formula is C17H16N4OS. The number of fused-ring (bicyclic) bond motifs is 1. The summed E-state index contributed by atoms with van der Waals surface area (Å²) in [6, 6.07) is 10.9. The number of hydrogen-bond acceptors (Lipinski definition) is 6. The molecule has 4 rings (SSSR count). The van der Waals surface area contributed by atoms with Crippen LogP contribution in [0.3, 0.4) is 0 Å². The van der Waals surface area contributed by atoms with Gasteiger partial charge in [0, 0.05) is 36.4 Å². The van der Waals surface area contributed by atoms with Crippen molar-refractivity contribution in [2.24, 2.45) is 0 Å². The minimum Gasteiger partial charge on any atom is -0.508 e. The Hall–Kier alpha value is -2.34. The summed E-state index contributed by atoms with van der Waals surface area (Å²) in [4.78, 5) is 16.2. The number of benzene rings is 1. The molecule has 6 heteroatoms. The van der Waals surface area contributed by atoms with Crippen molar-refractivity contribution in [2.45, 2.75) is 0 Å². The second kappa shape index (κ2) is 6.04. The number of aromatic hydroxyl groups is 1. The minimum atomic E-state index is 0.216. The molecular weight excluding hydrogens is 308 g/mol. The molecule has 0 bridgehead atoms. The van der Waals surface area contributed by atoms with E-state index in [0.717, 1.165) is 47.0 Å². The first-order valence-corrected chi connectivity index (χ1v) is 8.71. The van der Waals surface area contributed by atoms with E-state index in [9.17, 15) is 5.11 Å². The minimum absolute atomic E-state index is 0.216. The van der Waals surface area contributed by atoms with Gasteiger partial charge >= 0.3 is 0 Å². The third kappa shape index (κ3) is 2.82. The number of phenolic OH excluding ortho intramolecular Hbond substituents is 1. The van der Waals surface area contributed by atoms with E-state index in [1.54, 1.807) is 24.4 Å². The maximum absolute atomic E-state index is 9.72. The molecule has 2 aromatic heterocycles. The van der Waals surface area contributed by atoms with E-state index in [2.05, 4.69) is 14.9 Å². The first-order chi connectivity index (χ1) is 11.3. The van der Waals surface area contributed by atoms with Gasteiger partial charge in [0.2, 0.25) is 0 Å². The molecule has 1 fully saturated rings. The normalized spacial score (nSPS) is 15.0. The summed E-state index contributed by atoms with van der Waals surface area (Å²) < 4.78 is 0. The highest BCUT2D eigenvalue weighted by atomic mass is 32.2. The Kier molecular flexibility index (Phi) is 3.75. The summed E-state index contributed by atoms with van der Waals surface area (Å²) in [6.45, 7) is 1.93. The zero-order valence-electron chi connectivity index (χ0n) is 12.5. The van der Waals surface area contributed by atoms with E-state index in [4.69, 9.17) is 4.98 Å². The molecule has 1 aromatic carbocycles. The van der Waals surface area contributed by atoms with Gasteiger partial charge in [-0.2, -0.15) is 11.8 Å². The molecule has 0 unspecified atom stereocenters. The maximum Gasteiger partial charge on any atom is 0.162 e. The van der Waals surface area contributed by atoms with Crippen LogP contribution in [0.15, 0.2) is 42.6 Å². The molecule has 3 heterocycles. The zero-order chi connectivity index (χ0) is 15.6. The SMILES string of the molecule is Oc1cccc(-c2nc(N3CCSCC3)c3ncccc3n2)c1. The number of thioether (sulfide) groups is 1. The molecule has 0 aliphatic carbocycles. The van der Waals surface area contributed by atoms with Crippen LogP contribution in [0.1, 0.15) is 0 Å². The summed E-state index contributed by atoms with van der Waals surface area (Å²) in [5.74, 6) is 3.91. The van der Waals surface area contributed by atoms with Crippen LogP contribution in [0.5, 0.6) is 5.75 Å². The predicted molar refractivity (Wildman–Crippen MR) is 94.0 cm³/mol. The van der Waals surface area contributed by atoms with Crippen LogP contribution in [0.4, 0.5) is 5.82 Å². The van der Waals surface area contributed by atoms with Crippen molar-refractivity contribution in [2.75, 3.05) is 29.5 Å². The average molecular weight is 324 g/mol. The highest BCUT2D eigenvalue weighted by Crippen LogP contribution is 2.28. The molecule has 1 N–H and O–H groups in total. The standard InChI is InChI=1S/C17H16N4OS/c22-13-4-1-3-12(11-13)16-19-14-5-2-6-18-15(14)17(20-16)21-7-9-23-10-8-21/h1-6,11,22H,7-10H2. The van der Waals surface area contributed by atoms with Crippen LogP contribution in [0, 0.1) is 0 Å². The lowest BCUT2D eigenvalue weighted by atomic mass is 10.2. The van der Waals surface area contributed by atoms with E-state index >= 15 is 0 Å². The Morgan fingerprint density at radius 1 is 1.04 bits per heavy atom. The van der Waals surface area contributed by atoms with E-state index in [-0.39, 0.29) is 5.75 Å². The molecule has 1 aliphatic heterocycles. The monoisotopic (exact) mass is 324 g/mol. The van der Waals surface area contributed by atoms with Gasteiger partial charge in [-0.25, -0.2) is 9.97 Å². The lowest BCUT2D eigenvalue weighted by Crippen LogP contribution is -2.33. The van der Waals surface area contributed by atoms with E-state index < -0.39 is 0 Å². The average Bonchev–Trinajstić information content (AvgIpc) is 2.61. The van der Waals surface area contributed by atoms with Crippen molar-refractivity contribution in [3.8, 4) is 17.1 Å². The summed E-state index contributed by atoms with van der Waals surface area (Å²) in [5.41, 5.74) is 2.47. The molecule has 23 heavy (non-hydrogen) atoms. The molecule has 0 saturated carbocycles. The van der Waals surface area contributed by atoms with Gasteiger partial charge in [0.15, 0.2) is 11.6 Å². The summed E-state index contributed by atoms with van der Waals surface area (Å²) in [5, 5.41) is 9.72. The fourth-order valence-electron chi connectivity index (χ4n) is 2.72. The predicted octanol–water partition coefficient (Wildman–Crippen LogP) is 2.95. The Morgan fingerprint density at radius 3 is 2.74 bits per heavy atom. The Morgan fingerprint density at radius 2 is 1.91 bits per heavy atom. The number of anilines is 1. The van der Waals surface area contributed by atoms with Crippen molar-refractivity contribution in [3.05, 3.63) is 42.6 Å². The number of phenols is 1. The molecule has 0 spiro atoms. The van der Waals surface area contributed by atoms with Crippen molar-refractivity contribution >= 4 is 28.6 Å². The van der Waals surface area contributed by atoms with Crippen LogP contribution in [0.25, 0.3) is 22.4 Å². The molecule has 116 valence electrons. The molecule has 1 aliphatic rings. The van der Waals surface area contributed by atoms with Gasteiger partial charge in [-0.15, -0.1) is 0 Å². The van der Waals surface area contributed by atoms with Gasteiger partial charge < -0.3 is 10.0 Å². The number of hydrogen-bond donors (Lipinski definition) is 1. The van der Waals surface area contributed by atoms with Crippen LogP contribution >= 0.6 is 11.8 Å². The lowest BCUT2D eigenvalue weighted by Gasteiger charge is -2.28. The van der Waals surface area contributed by atoms with Gasteiger partial charge in [-0.3, -0.25) is 4.98 Å². The number of rotatable bonds is 2. The quantitative estimate of drug-likeness (QED) is 0.782. The maximum atomic E-state index is 9.72. The molecule has 0 radical (unpaired) electrons. The highest BCUT2D eigenvalue weighted by molar-refractivity contribution is 7.99. The first kappa shape index (κ1) is 14.3. The van der Waals surface area contributed by atoms with Crippen LogP contribution in [-0.2, 0) is 0 Å². The number of aromatic nitrogens is 3. The second-order valence-electron chi connectivity index (χ2n) is 5.39. The summed E-state index contributed by atoms with van der Waals surface area (Å²) in [6.07, 6.45) is 1.78. The molecule has 0 amide bonds. The Bertz CT molecular complexity index is 849. The highest BCUT2D eigenvalue weighted by Gasteiger charge is 2.18. The molecule has 1 saturated heterocycles. The van der Waals surface area contributed by atoms with Crippen molar-refractivity contribution in [1.82, 2.24) is 15.0 Å². The summed E-state index contributed by atoms with van der Waals surface area (Å²) in [7, 11) is 0. The fourth-order valence-corrected chi connectivity index (χ4v) is 3.62. The van der Waals surface area contributed by atoms with Crippen molar-refractivity contribution in [1.29, 1.82) is 0 Å². The van der Waals surface area contributed by atoms with Gasteiger partial charge in [-0.1, -0.05) is 12.1 Å². The Balaban J connectivity index is 1.89. The van der Waals surface area contributed by atoms with E-state index in [1.807, 2.05) is 30.0 Å². The number of pyridine rings is 1. The molecule has 0 atom stereocenters. The van der Waals surface area contributed by atoms with Gasteiger partial charge in [0.1, 0.15) is 11.3 Å². The van der Waals surface area contributed by atoms with Crippen LogP contribution in [0.2, 0.25) is 0 Å². The third-order valence-corrected chi connectivity index (χ3v) is 4.79. The van der Waals surface area contributed by atoms with Crippen LogP contribution < -0.4 is 4.90 Å². The smallest absolute Gasteiger partial charge is 0.162 e. The van der Waals surface area contributed by atoms with Gasteiger partial charge in [0.25, 0.3) is 0 Å². The van der Waals surface area contributed by atoms with E-state index in [1.165, 1.54) is 0 Å². The fraction of sp³-hybridized carbons (Fsp3) is 0.235. The number of nitrogens with zero attached hydrogens (tertiary/aromatic N) is 4. The molecule has 5 nitrogen and oxygen atoms in total. The van der Waals surface area contributed by atoms with Gasteiger partial charge in [-0.05, 0) is 24.3 Å². The van der Waals surface area contributed by atoms with Crippen molar-refractivity contribution < 1.29 is 5.11 Å². The van der Waals surface area contributed by atoms with Crippen LogP contribution in [-0.4, -0.2) is 44.7 Å². The zero-order valence-corrected chi connectivity index (χ0v) is 13.3. The van der Waals surface area contributed by atoms with E-state index in [0.29, 0.717) is 5.82 Å². The molecule has 3 aromatic rings. The second-order valence-corrected chi connectivity index (χ2v) is 6.62.